The van der Waals surface area contributed by atoms with Crippen LogP contribution in [0.4, 0.5) is 0 Å². The van der Waals surface area contributed by atoms with Crippen LogP contribution in [0.15, 0.2) is 35.1 Å². The van der Waals surface area contributed by atoms with Crippen molar-refractivity contribution in [2.75, 3.05) is 13.2 Å². The number of hydrogen-bond acceptors (Lipinski definition) is 4. The second-order valence-corrected chi connectivity index (χ2v) is 6.05. The Morgan fingerprint density at radius 1 is 1.22 bits per heavy atom. The third kappa shape index (κ3) is 3.16. The Hall–Kier alpha value is -2.11. The zero-order valence-electron chi connectivity index (χ0n) is 13.3. The van der Waals surface area contributed by atoms with Gasteiger partial charge in [0.25, 0.3) is 0 Å². The number of hydrogen-bond donors (Lipinski definition) is 2. The standard InChI is InChI=1S/C18H22N2O3/c1-13-10-17(22)18(23)16(20(13)8-9-21)12-19-7-6-14-4-2-3-5-15(14)11-19/h2-5,10,21,23H,6-9,11-12H2,1H3. The fourth-order valence-corrected chi connectivity index (χ4v) is 3.29. The van der Waals surface area contributed by atoms with E-state index < -0.39 is 0 Å². The molecular formula is C18H22N2O3. The van der Waals surface area contributed by atoms with Gasteiger partial charge in [-0.25, -0.2) is 0 Å². The lowest BCUT2D eigenvalue weighted by Gasteiger charge is -2.30. The highest BCUT2D eigenvalue weighted by molar-refractivity contribution is 5.32. The zero-order valence-corrected chi connectivity index (χ0v) is 13.3. The molecule has 0 saturated carbocycles. The first-order valence-corrected chi connectivity index (χ1v) is 7.92. The summed E-state index contributed by atoms with van der Waals surface area (Å²) >= 11 is 0. The van der Waals surface area contributed by atoms with E-state index in [1.165, 1.54) is 17.2 Å². The second-order valence-electron chi connectivity index (χ2n) is 6.05. The summed E-state index contributed by atoms with van der Waals surface area (Å²) in [5.41, 5.74) is 3.65. The molecule has 1 aromatic carbocycles. The third-order valence-electron chi connectivity index (χ3n) is 4.50. The molecular weight excluding hydrogens is 292 g/mol. The molecule has 1 aliphatic rings. The minimum absolute atomic E-state index is 0.0288. The predicted octanol–water partition coefficient (Wildman–Crippen LogP) is 1.41. The lowest BCUT2D eigenvalue weighted by molar-refractivity contribution is 0.226. The molecule has 5 nitrogen and oxygen atoms in total. The average Bonchev–Trinajstić information content (AvgIpc) is 2.55. The van der Waals surface area contributed by atoms with Crippen molar-refractivity contribution in [1.29, 1.82) is 0 Å². The van der Waals surface area contributed by atoms with Crippen molar-refractivity contribution in [3.63, 3.8) is 0 Å². The maximum Gasteiger partial charge on any atom is 0.223 e. The summed E-state index contributed by atoms with van der Waals surface area (Å²) in [6.45, 7) is 4.36. The van der Waals surface area contributed by atoms with Crippen molar-refractivity contribution in [2.24, 2.45) is 0 Å². The SMILES string of the molecule is Cc1cc(=O)c(O)c(CN2CCc3ccccc3C2)n1CCO. The number of aliphatic hydroxyl groups excluding tert-OH is 1. The highest BCUT2D eigenvalue weighted by Gasteiger charge is 2.20. The molecule has 0 unspecified atom stereocenters. The Kier molecular flexibility index (Phi) is 4.50. The van der Waals surface area contributed by atoms with E-state index in [1.807, 2.05) is 17.6 Å². The number of fused-ring (bicyclic) bond motifs is 1. The molecule has 3 rings (SSSR count). The van der Waals surface area contributed by atoms with Crippen LogP contribution < -0.4 is 5.43 Å². The van der Waals surface area contributed by atoms with Gasteiger partial charge in [-0.05, 0) is 24.5 Å². The summed E-state index contributed by atoms with van der Waals surface area (Å²) in [6.07, 6.45) is 0.965. The van der Waals surface area contributed by atoms with Gasteiger partial charge < -0.3 is 14.8 Å². The van der Waals surface area contributed by atoms with Gasteiger partial charge in [0, 0.05) is 37.9 Å². The number of nitrogens with zero attached hydrogens (tertiary/aromatic N) is 2. The number of aliphatic hydroxyl groups is 1. The van der Waals surface area contributed by atoms with E-state index in [-0.39, 0.29) is 17.8 Å². The molecule has 2 aromatic rings. The fraction of sp³-hybridized carbons (Fsp3) is 0.389. The molecule has 0 aliphatic carbocycles. The maximum atomic E-state index is 11.9. The predicted molar refractivity (Wildman–Crippen MR) is 88.4 cm³/mol. The number of rotatable bonds is 4. The van der Waals surface area contributed by atoms with Crippen LogP contribution in [0.5, 0.6) is 5.75 Å². The molecule has 0 fully saturated rings. The first-order valence-electron chi connectivity index (χ1n) is 7.92. The van der Waals surface area contributed by atoms with E-state index in [0.29, 0.717) is 18.8 Å². The van der Waals surface area contributed by atoms with Crippen LogP contribution in [0, 0.1) is 6.92 Å². The molecule has 2 heterocycles. The topological polar surface area (TPSA) is 65.7 Å². The minimum atomic E-state index is -0.357. The number of aryl methyl sites for hydroxylation is 1. The summed E-state index contributed by atoms with van der Waals surface area (Å²) in [5.74, 6) is -0.206. The van der Waals surface area contributed by atoms with Crippen LogP contribution in [-0.4, -0.2) is 32.8 Å². The van der Waals surface area contributed by atoms with Gasteiger partial charge in [0.15, 0.2) is 5.75 Å². The molecule has 1 aromatic heterocycles. The van der Waals surface area contributed by atoms with Gasteiger partial charge >= 0.3 is 0 Å². The second kappa shape index (κ2) is 6.56. The van der Waals surface area contributed by atoms with E-state index in [0.717, 1.165) is 25.2 Å². The first-order chi connectivity index (χ1) is 11.1. The maximum absolute atomic E-state index is 11.9. The van der Waals surface area contributed by atoms with Crippen molar-refractivity contribution < 1.29 is 10.2 Å². The van der Waals surface area contributed by atoms with Crippen LogP contribution in [0.1, 0.15) is 22.5 Å². The molecule has 0 spiro atoms. The molecule has 122 valence electrons. The molecule has 0 saturated heterocycles. The average molecular weight is 314 g/mol. The molecule has 0 bridgehead atoms. The van der Waals surface area contributed by atoms with Crippen LogP contribution in [0.25, 0.3) is 0 Å². The van der Waals surface area contributed by atoms with Gasteiger partial charge in [0.1, 0.15) is 0 Å². The van der Waals surface area contributed by atoms with E-state index in [1.54, 1.807) is 0 Å². The monoisotopic (exact) mass is 314 g/mol. The number of pyridine rings is 1. The van der Waals surface area contributed by atoms with Gasteiger partial charge in [-0.2, -0.15) is 0 Å². The van der Waals surface area contributed by atoms with Crippen molar-refractivity contribution in [3.8, 4) is 5.75 Å². The summed E-state index contributed by atoms with van der Waals surface area (Å²) in [5, 5.41) is 19.5. The summed E-state index contributed by atoms with van der Waals surface area (Å²) in [6, 6.07) is 9.78. The molecule has 5 heteroatoms. The molecule has 1 aliphatic heterocycles. The third-order valence-corrected chi connectivity index (χ3v) is 4.50. The lowest BCUT2D eigenvalue weighted by atomic mass is 10.00. The Balaban J connectivity index is 1.90. The highest BCUT2D eigenvalue weighted by Crippen LogP contribution is 2.23. The molecule has 23 heavy (non-hydrogen) atoms. The first kappa shape index (κ1) is 15.8. The van der Waals surface area contributed by atoms with Gasteiger partial charge in [-0.1, -0.05) is 24.3 Å². The molecule has 2 N–H and O–H groups in total. The van der Waals surface area contributed by atoms with Crippen molar-refractivity contribution in [1.82, 2.24) is 9.47 Å². The van der Waals surface area contributed by atoms with Crippen molar-refractivity contribution in [2.45, 2.75) is 33.0 Å². The molecule has 0 amide bonds. The van der Waals surface area contributed by atoms with Gasteiger partial charge in [0.2, 0.25) is 5.43 Å². The smallest absolute Gasteiger partial charge is 0.223 e. The van der Waals surface area contributed by atoms with E-state index >= 15 is 0 Å². The number of aromatic hydroxyl groups is 1. The van der Waals surface area contributed by atoms with Crippen LogP contribution in [0.2, 0.25) is 0 Å². The van der Waals surface area contributed by atoms with Crippen LogP contribution in [0.3, 0.4) is 0 Å². The molecule has 0 radical (unpaired) electrons. The zero-order chi connectivity index (χ0) is 16.4. The van der Waals surface area contributed by atoms with Crippen molar-refractivity contribution in [3.05, 3.63) is 63.1 Å². The summed E-state index contributed by atoms with van der Waals surface area (Å²) < 4.78 is 1.83. The number of aromatic nitrogens is 1. The summed E-state index contributed by atoms with van der Waals surface area (Å²) in [7, 11) is 0. The Morgan fingerprint density at radius 3 is 2.70 bits per heavy atom. The Bertz CT molecular complexity index is 767. The van der Waals surface area contributed by atoms with E-state index in [9.17, 15) is 15.0 Å². The van der Waals surface area contributed by atoms with Crippen molar-refractivity contribution >= 4 is 0 Å². The highest BCUT2D eigenvalue weighted by atomic mass is 16.3. The van der Waals surface area contributed by atoms with Gasteiger partial charge in [0.05, 0.1) is 12.3 Å². The largest absolute Gasteiger partial charge is 0.503 e. The lowest BCUT2D eigenvalue weighted by Crippen LogP contribution is -2.32. The normalized spacial score (nSPS) is 14.7. The fourth-order valence-electron chi connectivity index (χ4n) is 3.29. The Morgan fingerprint density at radius 2 is 1.96 bits per heavy atom. The summed E-state index contributed by atoms with van der Waals surface area (Å²) in [4.78, 5) is 14.1. The minimum Gasteiger partial charge on any atom is -0.503 e. The number of benzene rings is 1. The molecule has 0 atom stereocenters. The van der Waals surface area contributed by atoms with Crippen LogP contribution >= 0.6 is 0 Å². The van der Waals surface area contributed by atoms with E-state index in [2.05, 4.69) is 23.1 Å². The van der Waals surface area contributed by atoms with Gasteiger partial charge in [-0.3, -0.25) is 9.69 Å². The van der Waals surface area contributed by atoms with Gasteiger partial charge in [-0.15, -0.1) is 0 Å². The quantitative estimate of drug-likeness (QED) is 0.895. The Labute approximate surface area is 135 Å². The van der Waals surface area contributed by atoms with Crippen LogP contribution in [-0.2, 0) is 26.1 Å². The van der Waals surface area contributed by atoms with E-state index in [4.69, 9.17) is 0 Å².